The predicted octanol–water partition coefficient (Wildman–Crippen LogP) is 3.34. The second kappa shape index (κ2) is 5.95. The molecule has 0 aliphatic rings. The zero-order chi connectivity index (χ0) is 15.5. The maximum atomic E-state index is 13.1. The summed E-state index contributed by atoms with van der Waals surface area (Å²) in [6.45, 7) is 3.85. The monoisotopic (exact) mass is 286 g/mol. The third kappa shape index (κ3) is 3.05. The summed E-state index contributed by atoms with van der Waals surface area (Å²) in [6, 6.07) is 13.5. The second-order valence-electron chi connectivity index (χ2n) is 5.12. The van der Waals surface area contributed by atoms with Gasteiger partial charge in [0.1, 0.15) is 11.4 Å². The number of amides is 1. The number of rotatable bonds is 5. The normalized spacial score (nSPS) is 13.5. The molecule has 4 heteroatoms. The van der Waals surface area contributed by atoms with Crippen molar-refractivity contribution in [3.8, 4) is 0 Å². The van der Waals surface area contributed by atoms with Gasteiger partial charge in [-0.05, 0) is 48.7 Å². The van der Waals surface area contributed by atoms with Crippen LogP contribution < -0.4 is 11.1 Å². The highest BCUT2D eigenvalue weighted by atomic mass is 19.1. The van der Waals surface area contributed by atoms with Crippen molar-refractivity contribution in [3.05, 3.63) is 65.5 Å². The number of nitrogens with two attached hydrogens (primary N) is 1. The first-order valence-corrected chi connectivity index (χ1v) is 6.89. The summed E-state index contributed by atoms with van der Waals surface area (Å²) in [5.74, 6) is -0.832. The lowest BCUT2D eigenvalue weighted by molar-refractivity contribution is -0.122. The number of primary amides is 1. The Bertz CT molecular complexity index is 639. The van der Waals surface area contributed by atoms with E-state index in [-0.39, 0.29) is 5.82 Å². The molecule has 0 bridgehead atoms. The van der Waals surface area contributed by atoms with Crippen LogP contribution in [0.4, 0.5) is 10.1 Å². The molecule has 1 amide bonds. The number of carbonyl (C=O) groups excluding carboxylic acids is 1. The van der Waals surface area contributed by atoms with E-state index >= 15 is 0 Å². The average Bonchev–Trinajstić information content (AvgIpc) is 2.45. The highest BCUT2D eigenvalue weighted by molar-refractivity contribution is 5.89. The van der Waals surface area contributed by atoms with Gasteiger partial charge in [0, 0.05) is 5.69 Å². The summed E-state index contributed by atoms with van der Waals surface area (Å²) in [5, 5.41) is 3.22. The number of halogens is 1. The molecule has 110 valence electrons. The van der Waals surface area contributed by atoms with Crippen LogP contribution in [0.25, 0.3) is 0 Å². The van der Waals surface area contributed by atoms with Crippen molar-refractivity contribution in [1.82, 2.24) is 0 Å². The van der Waals surface area contributed by atoms with Gasteiger partial charge in [0.15, 0.2) is 0 Å². The Labute approximate surface area is 124 Å². The average molecular weight is 286 g/mol. The van der Waals surface area contributed by atoms with Crippen LogP contribution in [0.3, 0.4) is 0 Å². The van der Waals surface area contributed by atoms with Gasteiger partial charge in [-0.25, -0.2) is 4.39 Å². The fourth-order valence-corrected chi connectivity index (χ4v) is 2.45. The van der Waals surface area contributed by atoms with Crippen molar-refractivity contribution in [2.24, 2.45) is 5.73 Å². The highest BCUT2D eigenvalue weighted by Crippen LogP contribution is 2.30. The van der Waals surface area contributed by atoms with E-state index in [0.717, 1.165) is 11.3 Å². The maximum Gasteiger partial charge on any atom is 0.247 e. The van der Waals surface area contributed by atoms with Crippen molar-refractivity contribution in [2.45, 2.75) is 25.8 Å². The van der Waals surface area contributed by atoms with Crippen molar-refractivity contribution in [1.29, 1.82) is 0 Å². The fourth-order valence-electron chi connectivity index (χ4n) is 2.45. The number of carbonyl (C=O) groups is 1. The van der Waals surface area contributed by atoms with Gasteiger partial charge < -0.3 is 11.1 Å². The third-order valence-electron chi connectivity index (χ3n) is 3.66. The van der Waals surface area contributed by atoms with Gasteiger partial charge in [0.2, 0.25) is 5.91 Å². The molecule has 0 aliphatic carbocycles. The Morgan fingerprint density at radius 3 is 2.43 bits per heavy atom. The molecule has 0 aromatic heterocycles. The molecule has 2 aromatic carbocycles. The summed E-state index contributed by atoms with van der Waals surface area (Å²) in [7, 11) is 0. The second-order valence-corrected chi connectivity index (χ2v) is 5.12. The van der Waals surface area contributed by atoms with Gasteiger partial charge in [-0.3, -0.25) is 4.79 Å². The lowest BCUT2D eigenvalue weighted by Gasteiger charge is -2.32. The molecular weight excluding hydrogens is 267 g/mol. The van der Waals surface area contributed by atoms with Gasteiger partial charge >= 0.3 is 0 Å². The molecule has 2 aromatic rings. The molecule has 0 saturated carbocycles. The summed E-state index contributed by atoms with van der Waals surface area (Å²) in [6.07, 6.45) is 0.460. The molecule has 0 heterocycles. The molecule has 0 radical (unpaired) electrons. The molecule has 21 heavy (non-hydrogen) atoms. The Hall–Kier alpha value is -2.36. The van der Waals surface area contributed by atoms with E-state index in [1.165, 1.54) is 12.1 Å². The molecule has 1 unspecified atom stereocenters. The van der Waals surface area contributed by atoms with E-state index in [1.54, 1.807) is 12.1 Å². The molecular formula is C17H19FN2O. The lowest BCUT2D eigenvalue weighted by atomic mass is 9.86. The topological polar surface area (TPSA) is 55.1 Å². The minimum absolute atomic E-state index is 0.344. The van der Waals surface area contributed by atoms with Gasteiger partial charge in [0.25, 0.3) is 0 Å². The molecule has 1 atom stereocenters. The number of anilines is 1. The van der Waals surface area contributed by atoms with Crippen molar-refractivity contribution >= 4 is 11.6 Å². The van der Waals surface area contributed by atoms with Crippen molar-refractivity contribution < 1.29 is 9.18 Å². The molecule has 3 N–H and O–H groups in total. The van der Waals surface area contributed by atoms with Crippen molar-refractivity contribution in [2.75, 3.05) is 5.32 Å². The SMILES string of the molecule is CCC(Nc1cccc(C)c1)(C(N)=O)c1ccc(F)cc1. The molecule has 0 fully saturated rings. The zero-order valence-corrected chi connectivity index (χ0v) is 12.2. The number of benzene rings is 2. The van der Waals surface area contributed by atoms with Crippen LogP contribution in [-0.4, -0.2) is 5.91 Å². The van der Waals surface area contributed by atoms with E-state index in [1.807, 2.05) is 38.1 Å². The van der Waals surface area contributed by atoms with E-state index in [0.29, 0.717) is 12.0 Å². The third-order valence-corrected chi connectivity index (χ3v) is 3.66. The molecule has 0 aliphatic heterocycles. The molecule has 0 spiro atoms. The largest absolute Gasteiger partial charge is 0.368 e. The van der Waals surface area contributed by atoms with Crippen LogP contribution in [0.15, 0.2) is 48.5 Å². The van der Waals surface area contributed by atoms with Crippen LogP contribution in [0.2, 0.25) is 0 Å². The van der Waals surface area contributed by atoms with Gasteiger partial charge in [-0.15, -0.1) is 0 Å². The minimum atomic E-state index is -1.05. The molecule has 2 rings (SSSR count). The first-order valence-electron chi connectivity index (χ1n) is 6.89. The van der Waals surface area contributed by atoms with E-state index in [9.17, 15) is 9.18 Å². The highest BCUT2D eigenvalue weighted by Gasteiger charge is 2.36. The van der Waals surface area contributed by atoms with Crippen LogP contribution >= 0.6 is 0 Å². The number of nitrogens with one attached hydrogen (secondary N) is 1. The summed E-state index contributed by atoms with van der Waals surface area (Å²) in [5.41, 5.74) is 7.12. The van der Waals surface area contributed by atoms with E-state index < -0.39 is 11.4 Å². The number of aryl methyl sites for hydroxylation is 1. The number of hydrogen-bond donors (Lipinski definition) is 2. The number of hydrogen-bond acceptors (Lipinski definition) is 2. The Balaban J connectivity index is 2.46. The molecule has 3 nitrogen and oxygen atoms in total. The Morgan fingerprint density at radius 2 is 1.90 bits per heavy atom. The summed E-state index contributed by atoms with van der Waals surface area (Å²) < 4.78 is 13.1. The maximum absolute atomic E-state index is 13.1. The lowest BCUT2D eigenvalue weighted by Crippen LogP contribution is -2.47. The van der Waals surface area contributed by atoms with E-state index in [4.69, 9.17) is 5.73 Å². The Morgan fingerprint density at radius 1 is 1.24 bits per heavy atom. The summed E-state index contributed by atoms with van der Waals surface area (Å²) >= 11 is 0. The van der Waals surface area contributed by atoms with Crippen LogP contribution in [0.1, 0.15) is 24.5 Å². The van der Waals surface area contributed by atoms with Gasteiger partial charge in [0.05, 0.1) is 0 Å². The zero-order valence-electron chi connectivity index (χ0n) is 12.2. The van der Waals surface area contributed by atoms with Gasteiger partial charge in [-0.2, -0.15) is 0 Å². The first-order chi connectivity index (χ1) is 9.98. The van der Waals surface area contributed by atoms with Crippen LogP contribution in [-0.2, 0) is 10.3 Å². The van der Waals surface area contributed by atoms with Gasteiger partial charge in [-0.1, -0.05) is 31.2 Å². The standard InChI is InChI=1S/C17H19FN2O/c1-3-17(16(19)21,13-7-9-14(18)10-8-13)20-15-6-4-5-12(2)11-15/h4-11,20H,3H2,1-2H3,(H2,19,21). The van der Waals surface area contributed by atoms with Crippen molar-refractivity contribution in [3.63, 3.8) is 0 Å². The molecule has 0 saturated heterocycles. The quantitative estimate of drug-likeness (QED) is 0.885. The predicted molar refractivity (Wildman–Crippen MR) is 82.4 cm³/mol. The first kappa shape index (κ1) is 15.0. The smallest absolute Gasteiger partial charge is 0.247 e. The summed E-state index contributed by atoms with van der Waals surface area (Å²) in [4.78, 5) is 12.1. The fraction of sp³-hybridized carbons (Fsp3) is 0.235. The Kier molecular flexibility index (Phi) is 4.26. The van der Waals surface area contributed by atoms with Crippen LogP contribution in [0.5, 0.6) is 0 Å². The minimum Gasteiger partial charge on any atom is -0.368 e. The van der Waals surface area contributed by atoms with Crippen LogP contribution in [0, 0.1) is 12.7 Å². The van der Waals surface area contributed by atoms with E-state index in [2.05, 4.69) is 5.32 Å².